The molecule has 0 radical (unpaired) electrons. The first-order valence-electron chi connectivity index (χ1n) is 5.85. The van der Waals surface area contributed by atoms with E-state index >= 15 is 0 Å². The van der Waals surface area contributed by atoms with Gasteiger partial charge in [0.15, 0.2) is 0 Å². The second-order valence-corrected chi connectivity index (χ2v) is 4.28. The summed E-state index contributed by atoms with van der Waals surface area (Å²) in [6, 6.07) is 7.65. The van der Waals surface area contributed by atoms with E-state index in [0.29, 0.717) is 5.75 Å². The van der Waals surface area contributed by atoms with Crippen molar-refractivity contribution >= 4 is 0 Å². The van der Waals surface area contributed by atoms with Crippen molar-refractivity contribution in [1.29, 1.82) is 0 Å². The number of para-hydroxylation sites is 1. The summed E-state index contributed by atoms with van der Waals surface area (Å²) in [5, 5.41) is 9.59. The van der Waals surface area contributed by atoms with Gasteiger partial charge in [0.25, 0.3) is 0 Å². The third-order valence-electron chi connectivity index (χ3n) is 3.11. The number of rotatable bonds is 4. The maximum atomic E-state index is 9.59. The van der Waals surface area contributed by atoms with Crippen LogP contribution in [-0.2, 0) is 6.42 Å². The summed E-state index contributed by atoms with van der Waals surface area (Å²) in [6.45, 7) is 3.70. The summed E-state index contributed by atoms with van der Waals surface area (Å²) in [5.74, 6) is 0.443. The van der Waals surface area contributed by atoms with E-state index in [1.165, 1.54) is 32.5 Å². The van der Waals surface area contributed by atoms with Crippen molar-refractivity contribution in [2.75, 3.05) is 19.6 Å². The van der Waals surface area contributed by atoms with Crippen LogP contribution in [0.1, 0.15) is 24.8 Å². The smallest absolute Gasteiger partial charge is 0.118 e. The van der Waals surface area contributed by atoms with Crippen molar-refractivity contribution in [3.8, 4) is 5.75 Å². The average Bonchev–Trinajstić information content (AvgIpc) is 2.74. The van der Waals surface area contributed by atoms with Crippen LogP contribution in [0.3, 0.4) is 0 Å². The molecular formula is C13H19NO. The van der Waals surface area contributed by atoms with Gasteiger partial charge in [0.1, 0.15) is 5.75 Å². The van der Waals surface area contributed by atoms with E-state index in [0.717, 1.165) is 18.4 Å². The van der Waals surface area contributed by atoms with Crippen molar-refractivity contribution in [2.45, 2.75) is 25.7 Å². The molecule has 0 aromatic heterocycles. The number of aromatic hydroxyl groups is 1. The van der Waals surface area contributed by atoms with Crippen LogP contribution in [0.15, 0.2) is 24.3 Å². The van der Waals surface area contributed by atoms with Gasteiger partial charge in [-0.3, -0.25) is 0 Å². The molecule has 0 unspecified atom stereocenters. The average molecular weight is 205 g/mol. The van der Waals surface area contributed by atoms with Gasteiger partial charge in [-0.1, -0.05) is 18.2 Å². The van der Waals surface area contributed by atoms with Gasteiger partial charge in [0, 0.05) is 0 Å². The summed E-state index contributed by atoms with van der Waals surface area (Å²) < 4.78 is 0. The van der Waals surface area contributed by atoms with E-state index in [9.17, 15) is 5.11 Å². The fourth-order valence-electron chi connectivity index (χ4n) is 2.22. The third-order valence-corrected chi connectivity index (χ3v) is 3.11. The number of aryl methyl sites for hydroxylation is 1. The van der Waals surface area contributed by atoms with Crippen LogP contribution in [-0.4, -0.2) is 29.6 Å². The number of nitrogens with zero attached hydrogens (tertiary/aromatic N) is 1. The Morgan fingerprint density at radius 2 is 1.87 bits per heavy atom. The van der Waals surface area contributed by atoms with Gasteiger partial charge in [0.05, 0.1) is 0 Å². The molecule has 1 aromatic rings. The highest BCUT2D eigenvalue weighted by molar-refractivity contribution is 5.31. The van der Waals surface area contributed by atoms with E-state index in [1.54, 1.807) is 6.07 Å². The molecule has 0 atom stereocenters. The van der Waals surface area contributed by atoms with Crippen LogP contribution in [0.25, 0.3) is 0 Å². The Balaban J connectivity index is 1.75. The highest BCUT2D eigenvalue weighted by atomic mass is 16.3. The Bertz CT molecular complexity index is 305. The van der Waals surface area contributed by atoms with Crippen LogP contribution < -0.4 is 0 Å². The van der Waals surface area contributed by atoms with E-state index < -0.39 is 0 Å². The van der Waals surface area contributed by atoms with Crippen LogP contribution in [0.4, 0.5) is 0 Å². The lowest BCUT2D eigenvalue weighted by Crippen LogP contribution is -2.20. The topological polar surface area (TPSA) is 23.5 Å². The molecule has 1 aromatic carbocycles. The molecule has 2 rings (SSSR count). The lowest BCUT2D eigenvalue weighted by molar-refractivity contribution is 0.333. The number of benzene rings is 1. The fraction of sp³-hybridized carbons (Fsp3) is 0.538. The quantitative estimate of drug-likeness (QED) is 0.816. The van der Waals surface area contributed by atoms with Gasteiger partial charge in [-0.05, 0) is 56.9 Å². The van der Waals surface area contributed by atoms with E-state index in [-0.39, 0.29) is 0 Å². The molecule has 0 saturated carbocycles. The van der Waals surface area contributed by atoms with Crippen LogP contribution in [0, 0.1) is 0 Å². The highest BCUT2D eigenvalue weighted by Gasteiger charge is 2.10. The summed E-state index contributed by atoms with van der Waals surface area (Å²) in [5.41, 5.74) is 1.08. The fourth-order valence-corrected chi connectivity index (χ4v) is 2.22. The molecule has 0 bridgehead atoms. The monoisotopic (exact) mass is 205 g/mol. The number of phenols is 1. The predicted octanol–water partition coefficient (Wildman–Crippen LogP) is 2.42. The molecular weight excluding hydrogens is 186 g/mol. The SMILES string of the molecule is Oc1ccccc1CCCN1CCCC1. The van der Waals surface area contributed by atoms with Crippen molar-refractivity contribution in [1.82, 2.24) is 4.90 Å². The van der Waals surface area contributed by atoms with Gasteiger partial charge in [-0.2, -0.15) is 0 Å². The first kappa shape index (κ1) is 10.5. The van der Waals surface area contributed by atoms with Crippen molar-refractivity contribution in [3.63, 3.8) is 0 Å². The lowest BCUT2D eigenvalue weighted by atomic mass is 10.1. The van der Waals surface area contributed by atoms with Gasteiger partial charge < -0.3 is 10.0 Å². The summed E-state index contributed by atoms with van der Waals surface area (Å²) in [4.78, 5) is 2.51. The molecule has 82 valence electrons. The van der Waals surface area contributed by atoms with Crippen molar-refractivity contribution in [2.24, 2.45) is 0 Å². The normalized spacial score (nSPS) is 17.1. The minimum Gasteiger partial charge on any atom is -0.508 e. The molecule has 15 heavy (non-hydrogen) atoms. The van der Waals surface area contributed by atoms with Crippen LogP contribution in [0.2, 0.25) is 0 Å². The van der Waals surface area contributed by atoms with Gasteiger partial charge >= 0.3 is 0 Å². The Morgan fingerprint density at radius 1 is 1.13 bits per heavy atom. The summed E-state index contributed by atoms with van der Waals surface area (Å²) in [6.07, 6.45) is 4.86. The molecule has 1 heterocycles. The number of hydrogen-bond acceptors (Lipinski definition) is 2. The van der Waals surface area contributed by atoms with E-state index in [2.05, 4.69) is 4.90 Å². The van der Waals surface area contributed by atoms with Crippen LogP contribution in [0.5, 0.6) is 5.75 Å². The Morgan fingerprint density at radius 3 is 2.60 bits per heavy atom. The molecule has 2 nitrogen and oxygen atoms in total. The minimum atomic E-state index is 0.443. The number of phenolic OH excluding ortho intramolecular Hbond substituents is 1. The maximum absolute atomic E-state index is 9.59. The Kier molecular flexibility index (Phi) is 3.62. The summed E-state index contributed by atoms with van der Waals surface area (Å²) in [7, 11) is 0. The minimum absolute atomic E-state index is 0.443. The van der Waals surface area contributed by atoms with E-state index in [4.69, 9.17) is 0 Å². The van der Waals surface area contributed by atoms with Crippen molar-refractivity contribution < 1.29 is 5.11 Å². The zero-order chi connectivity index (χ0) is 10.5. The zero-order valence-electron chi connectivity index (χ0n) is 9.15. The molecule has 0 aliphatic carbocycles. The number of hydrogen-bond donors (Lipinski definition) is 1. The molecule has 1 N–H and O–H groups in total. The summed E-state index contributed by atoms with van der Waals surface area (Å²) >= 11 is 0. The Labute approximate surface area is 91.5 Å². The largest absolute Gasteiger partial charge is 0.508 e. The maximum Gasteiger partial charge on any atom is 0.118 e. The Hall–Kier alpha value is -1.02. The molecule has 0 amide bonds. The molecule has 1 saturated heterocycles. The lowest BCUT2D eigenvalue weighted by Gasteiger charge is -2.14. The molecule has 1 aliphatic heterocycles. The standard InChI is InChI=1S/C13H19NO/c15-13-8-2-1-6-12(13)7-5-11-14-9-3-4-10-14/h1-2,6,8,15H,3-5,7,9-11H2. The number of likely N-dealkylation sites (tertiary alicyclic amines) is 1. The predicted molar refractivity (Wildman–Crippen MR) is 62.1 cm³/mol. The molecule has 0 spiro atoms. The van der Waals surface area contributed by atoms with Crippen molar-refractivity contribution in [3.05, 3.63) is 29.8 Å². The molecule has 1 fully saturated rings. The molecule has 1 aliphatic rings. The first-order chi connectivity index (χ1) is 7.36. The first-order valence-corrected chi connectivity index (χ1v) is 5.85. The third kappa shape index (κ3) is 2.96. The second kappa shape index (κ2) is 5.17. The van der Waals surface area contributed by atoms with Gasteiger partial charge in [0.2, 0.25) is 0 Å². The second-order valence-electron chi connectivity index (χ2n) is 4.28. The molecule has 2 heteroatoms. The van der Waals surface area contributed by atoms with Crippen LogP contribution >= 0.6 is 0 Å². The van der Waals surface area contributed by atoms with Gasteiger partial charge in [-0.25, -0.2) is 0 Å². The van der Waals surface area contributed by atoms with E-state index in [1.807, 2.05) is 18.2 Å². The van der Waals surface area contributed by atoms with Gasteiger partial charge in [-0.15, -0.1) is 0 Å². The highest BCUT2D eigenvalue weighted by Crippen LogP contribution is 2.17. The zero-order valence-corrected chi connectivity index (χ0v) is 9.15.